The number of aromatic carboxylic acids is 1. The number of hydrogen-bond acceptors (Lipinski definition) is 5. The number of carbonyl (C=O) groups is 2. The Morgan fingerprint density at radius 3 is 2.82 bits per heavy atom. The summed E-state index contributed by atoms with van der Waals surface area (Å²) in [5.41, 5.74) is 0.676. The summed E-state index contributed by atoms with van der Waals surface area (Å²) in [6, 6.07) is 1.50. The van der Waals surface area contributed by atoms with Crippen LogP contribution in [-0.2, 0) is 0 Å². The van der Waals surface area contributed by atoms with Gasteiger partial charge in [-0.25, -0.2) is 4.79 Å². The number of nitrogens with zero attached hydrogens (tertiary/aromatic N) is 3. The van der Waals surface area contributed by atoms with E-state index in [-0.39, 0.29) is 17.2 Å². The fraction of sp³-hybridized carbons (Fsp3) is 0.125. The quantitative estimate of drug-likeness (QED) is 0.581. The molecule has 1 amide bonds. The predicted octanol–water partition coefficient (Wildman–Crippen LogP) is -0.213. The lowest BCUT2D eigenvalue weighted by Crippen LogP contribution is -2.15. The first-order valence-corrected chi connectivity index (χ1v) is 4.55. The number of aryl methyl sites for hydroxylation is 1. The molecule has 17 heavy (non-hydrogen) atoms. The summed E-state index contributed by atoms with van der Waals surface area (Å²) < 4.78 is 0. The Labute approximate surface area is 94.2 Å². The van der Waals surface area contributed by atoms with Crippen LogP contribution < -0.4 is 5.32 Å². The molecule has 2 aromatic rings. The second kappa shape index (κ2) is 4.04. The van der Waals surface area contributed by atoms with Gasteiger partial charge in [0.15, 0.2) is 0 Å². The van der Waals surface area contributed by atoms with Crippen molar-refractivity contribution in [3.63, 3.8) is 0 Å². The largest absolute Gasteiger partial charge is 0.477 e. The third-order valence-corrected chi connectivity index (χ3v) is 1.96. The van der Waals surface area contributed by atoms with Crippen molar-refractivity contribution in [2.24, 2.45) is 0 Å². The molecule has 0 fully saturated rings. The molecular formula is C8H8N6O3. The van der Waals surface area contributed by atoms with Crippen LogP contribution in [0.1, 0.15) is 26.8 Å². The van der Waals surface area contributed by atoms with E-state index in [9.17, 15) is 9.59 Å². The summed E-state index contributed by atoms with van der Waals surface area (Å²) >= 11 is 0. The van der Waals surface area contributed by atoms with E-state index in [4.69, 9.17) is 5.11 Å². The molecule has 2 heterocycles. The Balaban J connectivity index is 2.24. The number of amides is 1. The van der Waals surface area contributed by atoms with E-state index in [0.717, 1.165) is 0 Å². The van der Waals surface area contributed by atoms with Crippen molar-refractivity contribution in [1.29, 1.82) is 0 Å². The van der Waals surface area contributed by atoms with Crippen LogP contribution in [0.3, 0.4) is 0 Å². The number of H-pyrrole nitrogens is 2. The van der Waals surface area contributed by atoms with E-state index < -0.39 is 11.9 Å². The summed E-state index contributed by atoms with van der Waals surface area (Å²) in [4.78, 5) is 25.0. The molecular weight excluding hydrogens is 228 g/mol. The molecule has 2 aromatic heterocycles. The van der Waals surface area contributed by atoms with Crippen LogP contribution in [0.2, 0.25) is 0 Å². The maximum Gasteiger partial charge on any atom is 0.354 e. The van der Waals surface area contributed by atoms with Gasteiger partial charge in [-0.1, -0.05) is 0 Å². The number of nitrogens with one attached hydrogen (secondary N) is 3. The summed E-state index contributed by atoms with van der Waals surface area (Å²) in [5, 5.41) is 23.6. The van der Waals surface area contributed by atoms with Gasteiger partial charge < -0.3 is 15.4 Å². The molecule has 0 aromatic carbocycles. The standard InChI is InChI=1S/C8H8N6O3/c1-3-2-4(5(9-3)8(16)17)10-7(15)6-11-13-14-12-6/h2,9H,1H3,(H,10,15)(H,16,17)(H,11,12,13,14). The van der Waals surface area contributed by atoms with Crippen LogP contribution in [-0.4, -0.2) is 42.6 Å². The summed E-state index contributed by atoms with van der Waals surface area (Å²) in [6.07, 6.45) is 0. The zero-order valence-electron chi connectivity index (χ0n) is 8.68. The van der Waals surface area contributed by atoms with Gasteiger partial charge in [0.1, 0.15) is 5.69 Å². The fourth-order valence-corrected chi connectivity index (χ4v) is 1.29. The second-order valence-electron chi connectivity index (χ2n) is 3.24. The zero-order chi connectivity index (χ0) is 12.4. The fourth-order valence-electron chi connectivity index (χ4n) is 1.29. The van der Waals surface area contributed by atoms with Gasteiger partial charge in [0.05, 0.1) is 5.69 Å². The molecule has 0 aliphatic rings. The van der Waals surface area contributed by atoms with Crippen LogP contribution in [0, 0.1) is 6.92 Å². The van der Waals surface area contributed by atoms with Crippen molar-refractivity contribution < 1.29 is 14.7 Å². The van der Waals surface area contributed by atoms with Crippen LogP contribution in [0.4, 0.5) is 5.69 Å². The van der Waals surface area contributed by atoms with Crippen molar-refractivity contribution in [2.45, 2.75) is 6.92 Å². The minimum Gasteiger partial charge on any atom is -0.477 e. The van der Waals surface area contributed by atoms with E-state index in [2.05, 4.69) is 30.9 Å². The minimum absolute atomic E-state index is 0.0978. The first kappa shape index (κ1) is 10.8. The number of aromatic nitrogens is 5. The number of aromatic amines is 2. The summed E-state index contributed by atoms with van der Waals surface area (Å²) in [7, 11) is 0. The molecule has 0 spiro atoms. The average Bonchev–Trinajstić information content (AvgIpc) is 2.86. The lowest BCUT2D eigenvalue weighted by atomic mass is 10.3. The molecule has 4 N–H and O–H groups in total. The molecule has 0 radical (unpaired) electrons. The highest BCUT2D eigenvalue weighted by Gasteiger charge is 2.18. The monoisotopic (exact) mass is 236 g/mol. The molecule has 0 aliphatic heterocycles. The summed E-state index contributed by atoms with van der Waals surface area (Å²) in [6.45, 7) is 1.68. The van der Waals surface area contributed by atoms with Crippen molar-refractivity contribution in [2.75, 3.05) is 5.32 Å². The molecule has 0 aliphatic carbocycles. The Morgan fingerprint density at radius 1 is 1.47 bits per heavy atom. The number of anilines is 1. The van der Waals surface area contributed by atoms with Gasteiger partial charge in [-0.05, 0) is 18.2 Å². The van der Waals surface area contributed by atoms with Crippen LogP contribution in [0.5, 0.6) is 0 Å². The molecule has 9 heteroatoms. The van der Waals surface area contributed by atoms with Crippen molar-refractivity contribution in [3.05, 3.63) is 23.3 Å². The molecule has 0 unspecified atom stereocenters. The molecule has 0 bridgehead atoms. The van der Waals surface area contributed by atoms with Gasteiger partial charge in [-0.15, -0.1) is 10.2 Å². The normalized spacial score (nSPS) is 10.2. The van der Waals surface area contributed by atoms with Gasteiger partial charge in [0, 0.05) is 5.69 Å². The van der Waals surface area contributed by atoms with E-state index in [0.29, 0.717) is 5.69 Å². The number of carboxylic acid groups (broad SMARTS) is 1. The number of carbonyl (C=O) groups excluding carboxylic acids is 1. The topological polar surface area (TPSA) is 137 Å². The van der Waals surface area contributed by atoms with E-state index in [1.807, 2.05) is 0 Å². The number of carboxylic acids is 1. The molecule has 88 valence electrons. The Bertz CT molecular complexity index is 558. The summed E-state index contributed by atoms with van der Waals surface area (Å²) in [5.74, 6) is -1.97. The van der Waals surface area contributed by atoms with Gasteiger partial charge in [0.25, 0.3) is 11.7 Å². The average molecular weight is 236 g/mol. The maximum atomic E-state index is 11.6. The Hall–Kier alpha value is -2.71. The highest BCUT2D eigenvalue weighted by molar-refractivity contribution is 6.05. The lowest BCUT2D eigenvalue weighted by Gasteiger charge is -2.00. The first-order valence-electron chi connectivity index (χ1n) is 4.55. The Morgan fingerprint density at radius 2 is 2.24 bits per heavy atom. The smallest absolute Gasteiger partial charge is 0.354 e. The Kier molecular flexibility index (Phi) is 2.57. The van der Waals surface area contributed by atoms with Gasteiger partial charge >= 0.3 is 5.97 Å². The van der Waals surface area contributed by atoms with E-state index in [1.54, 1.807) is 6.92 Å². The molecule has 0 saturated carbocycles. The predicted molar refractivity (Wildman–Crippen MR) is 54.6 cm³/mol. The number of hydrogen-bond donors (Lipinski definition) is 4. The van der Waals surface area contributed by atoms with E-state index >= 15 is 0 Å². The van der Waals surface area contributed by atoms with Crippen LogP contribution in [0.15, 0.2) is 6.07 Å². The minimum atomic E-state index is -1.17. The van der Waals surface area contributed by atoms with Crippen LogP contribution in [0.25, 0.3) is 0 Å². The van der Waals surface area contributed by atoms with Gasteiger partial charge in [-0.2, -0.15) is 5.21 Å². The zero-order valence-corrected chi connectivity index (χ0v) is 8.68. The SMILES string of the molecule is Cc1cc(NC(=O)c2nn[nH]n2)c(C(=O)O)[nH]1. The highest BCUT2D eigenvalue weighted by Crippen LogP contribution is 2.17. The highest BCUT2D eigenvalue weighted by atomic mass is 16.4. The van der Waals surface area contributed by atoms with Crippen molar-refractivity contribution in [3.8, 4) is 0 Å². The lowest BCUT2D eigenvalue weighted by molar-refractivity contribution is 0.0692. The molecule has 0 saturated heterocycles. The maximum absolute atomic E-state index is 11.6. The second-order valence-corrected chi connectivity index (χ2v) is 3.24. The van der Waals surface area contributed by atoms with Crippen LogP contribution >= 0.6 is 0 Å². The molecule has 2 rings (SSSR count). The number of rotatable bonds is 3. The number of tetrazole rings is 1. The molecule has 9 nitrogen and oxygen atoms in total. The third kappa shape index (κ3) is 2.12. The molecule has 0 atom stereocenters. The van der Waals surface area contributed by atoms with Gasteiger partial charge in [-0.3, -0.25) is 4.79 Å². The first-order chi connectivity index (χ1) is 8.08. The van der Waals surface area contributed by atoms with Crippen molar-refractivity contribution >= 4 is 17.6 Å². The third-order valence-electron chi connectivity index (χ3n) is 1.96. The van der Waals surface area contributed by atoms with Crippen molar-refractivity contribution in [1.82, 2.24) is 25.6 Å². The van der Waals surface area contributed by atoms with E-state index in [1.165, 1.54) is 6.07 Å². The van der Waals surface area contributed by atoms with Gasteiger partial charge in [0.2, 0.25) is 0 Å².